The van der Waals surface area contributed by atoms with Gasteiger partial charge in [0, 0.05) is 24.0 Å². The van der Waals surface area contributed by atoms with E-state index in [0.29, 0.717) is 10.9 Å². The van der Waals surface area contributed by atoms with Crippen LogP contribution in [-0.2, 0) is 6.18 Å². The molecule has 0 bridgehead atoms. The molecule has 1 aliphatic rings. The number of aliphatic hydroxyl groups is 1. The molecule has 0 radical (unpaired) electrons. The molecule has 3 aromatic rings. The van der Waals surface area contributed by atoms with Gasteiger partial charge in [0.1, 0.15) is 5.69 Å². The minimum absolute atomic E-state index is 0.0220. The molecule has 1 saturated heterocycles. The molecule has 4 rings (SSSR count). The number of carbonyl (C=O) groups excluding carboxylic acids is 1. The lowest BCUT2D eigenvalue weighted by Gasteiger charge is -2.35. The Balaban J connectivity index is 1.81. The molecule has 0 atom stereocenters. The summed E-state index contributed by atoms with van der Waals surface area (Å²) in [4.78, 5) is 18.0. The maximum Gasteiger partial charge on any atom is 0.416 e. The number of aliphatic hydroxyl groups excluding tert-OH is 1. The van der Waals surface area contributed by atoms with Crippen molar-refractivity contribution >= 4 is 16.8 Å². The van der Waals surface area contributed by atoms with Gasteiger partial charge in [-0.1, -0.05) is 0 Å². The molecule has 2 N–H and O–H groups in total. The van der Waals surface area contributed by atoms with Crippen molar-refractivity contribution in [1.82, 2.24) is 20.1 Å². The molecule has 1 aliphatic heterocycles. The van der Waals surface area contributed by atoms with Crippen LogP contribution in [0.3, 0.4) is 0 Å². The van der Waals surface area contributed by atoms with Crippen LogP contribution >= 0.6 is 0 Å². The molecule has 0 spiro atoms. The van der Waals surface area contributed by atoms with Crippen molar-refractivity contribution in [3.05, 3.63) is 41.7 Å². The highest BCUT2D eigenvalue weighted by Gasteiger charge is 2.33. The number of pyridine rings is 1. The number of hydrogen-bond donors (Lipinski definition) is 2. The molecule has 7 nitrogen and oxygen atoms in total. The van der Waals surface area contributed by atoms with Gasteiger partial charge in [-0.15, -0.1) is 0 Å². The first-order valence-electron chi connectivity index (χ1n) is 8.35. The van der Waals surface area contributed by atoms with Gasteiger partial charge in [-0.3, -0.25) is 9.89 Å². The van der Waals surface area contributed by atoms with Crippen LogP contribution in [0.15, 0.2) is 30.5 Å². The van der Waals surface area contributed by atoms with Crippen molar-refractivity contribution in [3.63, 3.8) is 0 Å². The summed E-state index contributed by atoms with van der Waals surface area (Å²) in [7, 11) is 1.33. The molecule has 0 unspecified atom stereocenters. The van der Waals surface area contributed by atoms with Crippen molar-refractivity contribution in [2.75, 3.05) is 20.2 Å². The minimum Gasteiger partial charge on any atom is -0.481 e. The van der Waals surface area contributed by atoms with Gasteiger partial charge in [-0.2, -0.15) is 18.3 Å². The Bertz CT molecular complexity index is 1060. The van der Waals surface area contributed by atoms with E-state index in [-0.39, 0.29) is 41.7 Å². The number of ether oxygens (including phenoxy) is 1. The van der Waals surface area contributed by atoms with Gasteiger partial charge in [0.2, 0.25) is 5.88 Å². The zero-order valence-corrected chi connectivity index (χ0v) is 14.6. The monoisotopic (exact) mass is 392 g/mol. The molecule has 0 saturated carbocycles. The van der Waals surface area contributed by atoms with Crippen molar-refractivity contribution < 1.29 is 27.8 Å². The number of β-amino-alcohol motifs (C(OH)–C–C–N with tert-alkyl or cyclic N) is 1. The summed E-state index contributed by atoms with van der Waals surface area (Å²) in [6.45, 7) is 0.432. The standard InChI is InChI=1S/C18H15F3N4O3/c1-28-16-11(2-3-14(23-16)17(27)25-7-10(26)8-25)12-4-9(18(19,20)21)5-15-13(12)6-22-24-15/h2-6,10,26H,7-8H2,1H3,(H,22,24). The number of aromatic amines is 1. The average Bonchev–Trinajstić information content (AvgIpc) is 3.11. The highest BCUT2D eigenvalue weighted by Crippen LogP contribution is 2.39. The fourth-order valence-electron chi connectivity index (χ4n) is 3.14. The molecule has 1 amide bonds. The quantitative estimate of drug-likeness (QED) is 0.715. The molecule has 10 heteroatoms. The minimum atomic E-state index is -4.54. The maximum absolute atomic E-state index is 13.3. The van der Waals surface area contributed by atoms with Gasteiger partial charge in [0.15, 0.2) is 0 Å². The first-order chi connectivity index (χ1) is 13.3. The number of methoxy groups -OCH3 is 1. The lowest BCUT2D eigenvalue weighted by Crippen LogP contribution is -2.53. The zero-order chi connectivity index (χ0) is 20.1. The first-order valence-corrected chi connectivity index (χ1v) is 8.35. The highest BCUT2D eigenvalue weighted by atomic mass is 19.4. The van der Waals surface area contributed by atoms with Gasteiger partial charge < -0.3 is 14.7 Å². The Labute approximate surface area is 156 Å². The van der Waals surface area contributed by atoms with Crippen LogP contribution in [0, 0.1) is 0 Å². The van der Waals surface area contributed by atoms with Crippen molar-refractivity contribution in [1.29, 1.82) is 0 Å². The number of hydrogen-bond acceptors (Lipinski definition) is 5. The topological polar surface area (TPSA) is 91.3 Å². The second-order valence-electron chi connectivity index (χ2n) is 6.47. The van der Waals surface area contributed by atoms with E-state index >= 15 is 0 Å². The fraction of sp³-hybridized carbons (Fsp3) is 0.278. The van der Waals surface area contributed by atoms with Crippen LogP contribution in [0.2, 0.25) is 0 Å². The van der Waals surface area contributed by atoms with E-state index in [4.69, 9.17) is 4.74 Å². The number of amides is 1. The third-order valence-electron chi connectivity index (χ3n) is 4.60. The second kappa shape index (κ2) is 6.48. The number of alkyl halides is 3. The van der Waals surface area contributed by atoms with Gasteiger partial charge in [0.25, 0.3) is 5.91 Å². The van der Waals surface area contributed by atoms with Crippen molar-refractivity contribution in [3.8, 4) is 17.0 Å². The van der Waals surface area contributed by atoms with E-state index in [1.165, 1.54) is 30.3 Å². The number of benzene rings is 1. The highest BCUT2D eigenvalue weighted by molar-refractivity contribution is 5.98. The zero-order valence-electron chi connectivity index (χ0n) is 14.6. The number of carbonyl (C=O) groups is 1. The number of nitrogens with zero attached hydrogens (tertiary/aromatic N) is 3. The number of nitrogens with one attached hydrogen (secondary N) is 1. The summed E-state index contributed by atoms with van der Waals surface area (Å²) in [5.74, 6) is -0.360. The van der Waals surface area contributed by atoms with Crippen LogP contribution in [-0.4, -0.2) is 57.4 Å². The van der Waals surface area contributed by atoms with E-state index < -0.39 is 17.8 Å². The number of likely N-dealkylation sites (tertiary alicyclic amines) is 1. The summed E-state index contributed by atoms with van der Waals surface area (Å²) >= 11 is 0. The van der Waals surface area contributed by atoms with Crippen LogP contribution in [0.25, 0.3) is 22.0 Å². The third-order valence-corrected chi connectivity index (χ3v) is 4.60. The summed E-state index contributed by atoms with van der Waals surface area (Å²) in [6.07, 6.45) is -3.67. The molecule has 146 valence electrons. The predicted octanol–water partition coefficient (Wildman–Crippen LogP) is 2.47. The summed E-state index contributed by atoms with van der Waals surface area (Å²) < 4.78 is 45.1. The van der Waals surface area contributed by atoms with Crippen LogP contribution in [0.1, 0.15) is 16.1 Å². The van der Waals surface area contributed by atoms with Gasteiger partial charge >= 0.3 is 6.18 Å². The Morgan fingerprint density at radius 3 is 2.68 bits per heavy atom. The Morgan fingerprint density at radius 2 is 2.04 bits per heavy atom. The molecular formula is C18H15F3N4O3. The fourth-order valence-corrected chi connectivity index (χ4v) is 3.14. The summed E-state index contributed by atoms with van der Waals surface area (Å²) in [5.41, 5.74) is 0.0158. The average molecular weight is 392 g/mol. The van der Waals surface area contributed by atoms with Gasteiger partial charge in [-0.05, 0) is 29.8 Å². The maximum atomic E-state index is 13.3. The van der Waals surface area contributed by atoms with Gasteiger partial charge in [-0.25, -0.2) is 4.98 Å². The van der Waals surface area contributed by atoms with Gasteiger partial charge in [0.05, 0.1) is 30.5 Å². The largest absolute Gasteiger partial charge is 0.481 e. The van der Waals surface area contributed by atoms with Crippen molar-refractivity contribution in [2.45, 2.75) is 12.3 Å². The SMILES string of the molecule is COc1nc(C(=O)N2CC(O)C2)ccc1-c1cc(C(F)(F)F)cc2[nH]ncc12. The van der Waals surface area contributed by atoms with Crippen LogP contribution in [0.4, 0.5) is 13.2 Å². The van der Waals surface area contributed by atoms with Crippen LogP contribution < -0.4 is 4.74 Å². The Hall–Kier alpha value is -3.14. The summed E-state index contributed by atoms with van der Waals surface area (Å²) in [6, 6.07) is 4.91. The summed E-state index contributed by atoms with van der Waals surface area (Å²) in [5, 5.41) is 16.2. The first kappa shape index (κ1) is 18.2. The smallest absolute Gasteiger partial charge is 0.416 e. The molecular weight excluding hydrogens is 377 g/mol. The molecule has 2 aromatic heterocycles. The van der Waals surface area contributed by atoms with E-state index in [2.05, 4.69) is 15.2 Å². The number of aromatic nitrogens is 3. The number of H-pyrrole nitrogens is 1. The molecule has 1 aromatic carbocycles. The van der Waals surface area contributed by atoms with E-state index in [1.807, 2.05) is 0 Å². The Morgan fingerprint density at radius 1 is 1.29 bits per heavy atom. The number of rotatable bonds is 3. The van der Waals surface area contributed by atoms with E-state index in [0.717, 1.165) is 12.1 Å². The molecule has 1 fully saturated rings. The lowest BCUT2D eigenvalue weighted by molar-refractivity contribution is -0.137. The molecule has 28 heavy (non-hydrogen) atoms. The predicted molar refractivity (Wildman–Crippen MR) is 92.8 cm³/mol. The molecule has 0 aliphatic carbocycles. The second-order valence-corrected chi connectivity index (χ2v) is 6.47. The number of fused-ring (bicyclic) bond motifs is 1. The van der Waals surface area contributed by atoms with E-state index in [9.17, 15) is 23.1 Å². The Kier molecular flexibility index (Phi) is 4.22. The third kappa shape index (κ3) is 3.05. The normalized spacial score (nSPS) is 15.0. The molecule has 3 heterocycles. The van der Waals surface area contributed by atoms with Crippen LogP contribution in [0.5, 0.6) is 5.88 Å². The van der Waals surface area contributed by atoms with E-state index in [1.54, 1.807) is 0 Å². The number of halogens is 3. The lowest BCUT2D eigenvalue weighted by atomic mass is 9.99. The van der Waals surface area contributed by atoms with Crippen molar-refractivity contribution in [2.24, 2.45) is 0 Å².